The van der Waals surface area contributed by atoms with Crippen LogP contribution in [-0.2, 0) is 33.3 Å². The first-order valence-electron chi connectivity index (χ1n) is 24.0. The molecular formula is C50H86N2O11. The highest BCUT2D eigenvalue weighted by Crippen LogP contribution is 2.76. The van der Waals surface area contributed by atoms with Gasteiger partial charge in [0.1, 0.15) is 35.5 Å². The van der Waals surface area contributed by atoms with Crippen LogP contribution in [0.2, 0.25) is 0 Å². The first-order valence-corrected chi connectivity index (χ1v) is 24.0. The van der Waals surface area contributed by atoms with Gasteiger partial charge in [0.25, 0.3) is 0 Å². The van der Waals surface area contributed by atoms with Gasteiger partial charge in [-0.15, -0.1) is 0 Å². The Morgan fingerprint density at radius 1 is 0.667 bits per heavy atom. The molecule has 2 unspecified atom stereocenters. The third-order valence-corrected chi connectivity index (χ3v) is 16.8. The van der Waals surface area contributed by atoms with E-state index in [1.54, 1.807) is 55.4 Å². The number of amides is 2. The molecule has 0 aromatic rings. The van der Waals surface area contributed by atoms with Crippen LogP contribution in [0.4, 0.5) is 9.59 Å². The van der Waals surface area contributed by atoms with Gasteiger partial charge in [0, 0.05) is 17.3 Å². The van der Waals surface area contributed by atoms with E-state index in [-0.39, 0.29) is 57.9 Å². The predicted octanol–water partition coefficient (Wildman–Crippen LogP) is 8.88. The molecule has 0 aromatic carbocycles. The molecular weight excluding hydrogens is 805 g/mol. The second kappa shape index (κ2) is 17.2. The van der Waals surface area contributed by atoms with Crippen LogP contribution in [0.5, 0.6) is 0 Å². The Hall–Kier alpha value is -2.64. The van der Waals surface area contributed by atoms with E-state index in [1.165, 1.54) is 0 Å². The normalized spacial score (nSPS) is 38.7. The molecule has 0 spiro atoms. The monoisotopic (exact) mass is 891 g/mol. The Morgan fingerprint density at radius 2 is 1.17 bits per heavy atom. The molecule has 1 saturated heterocycles. The molecule has 4 N–H and O–H groups in total. The molecule has 5 fully saturated rings. The van der Waals surface area contributed by atoms with Crippen molar-refractivity contribution in [1.29, 1.82) is 0 Å². The van der Waals surface area contributed by atoms with Crippen LogP contribution < -0.4 is 10.6 Å². The van der Waals surface area contributed by atoms with Crippen molar-refractivity contribution < 1.29 is 53.1 Å². The van der Waals surface area contributed by atoms with E-state index in [0.717, 1.165) is 19.3 Å². The molecule has 1 aliphatic heterocycles. The number of esters is 2. The molecule has 5 aliphatic rings. The summed E-state index contributed by atoms with van der Waals surface area (Å²) in [5.41, 5.74) is -4.93. The van der Waals surface area contributed by atoms with Gasteiger partial charge in [0.15, 0.2) is 0 Å². The van der Waals surface area contributed by atoms with Gasteiger partial charge in [0.2, 0.25) is 0 Å². The van der Waals surface area contributed by atoms with Gasteiger partial charge in [-0.25, -0.2) is 19.2 Å². The fourth-order valence-corrected chi connectivity index (χ4v) is 13.9. The number of ether oxygens (including phenoxy) is 5. The lowest BCUT2D eigenvalue weighted by Crippen LogP contribution is -2.67. The first kappa shape index (κ1) is 51.3. The van der Waals surface area contributed by atoms with Crippen LogP contribution in [0, 0.1) is 57.2 Å². The lowest BCUT2D eigenvalue weighted by atomic mass is 9.37. The molecule has 0 bridgehead atoms. The summed E-state index contributed by atoms with van der Waals surface area (Å²) >= 11 is 0. The topological polar surface area (TPSA) is 179 Å². The number of carbonyl (C=O) groups is 4. The van der Waals surface area contributed by atoms with Gasteiger partial charge in [-0.2, -0.15) is 0 Å². The van der Waals surface area contributed by atoms with Crippen LogP contribution >= 0.6 is 0 Å². The standard InChI is InChI=1S/C50H86N2O11/c1-27(2)35(51-41(56)62-43(5,6)7)39(54)59-32-25-30-29(19-23-48(16)37(31(53)26-49(30,48)17)50(18)24-21-34(61-50)46(13,14)58)47(15)22-20-33(45(11,12)38(32)47)60-40(55)36(28(3)4)52-42(57)63-44(8,9)10/h27-38,53,58H,19-26H2,1-18H3,(H,51,56)(H,52,57)/t29?,30-,31+,32+,33+,34+,35+,36+,37+,38+,47?,48-,49+,50-/m1/s1. The summed E-state index contributed by atoms with van der Waals surface area (Å²) in [6.07, 6.45) is 2.07. The zero-order chi connectivity index (χ0) is 47.8. The SMILES string of the molecule is CC(C)[C@H](NC(=O)OC(C)(C)C)C(=O)O[C@H]1C[C@@H]2C(CC[C@]3(C)[C@@H]([C@@]4(C)CC[C@@H](C(C)(C)O)O4)[C@@H](O)C[C@@]23C)C2(C)CC[C@H](OC(=O)[C@@H](NC(=O)OC(C)(C)C)C(C)C)C(C)(C)[C@H]12. The maximum Gasteiger partial charge on any atom is 0.408 e. The molecule has 4 aliphatic carbocycles. The number of alkyl carbamates (subject to hydrolysis) is 2. The average molecular weight is 891 g/mol. The number of fused-ring (bicyclic) bond motifs is 5. The summed E-state index contributed by atoms with van der Waals surface area (Å²) in [5.74, 6) is -1.85. The summed E-state index contributed by atoms with van der Waals surface area (Å²) in [6.45, 7) is 35.0. The molecule has 2 amide bonds. The maximum atomic E-state index is 14.6. The van der Waals surface area contributed by atoms with Crippen molar-refractivity contribution in [2.45, 2.75) is 235 Å². The Bertz CT molecular complexity index is 1710. The van der Waals surface area contributed by atoms with E-state index in [1.807, 2.05) is 27.7 Å². The second-order valence-electron chi connectivity index (χ2n) is 25.2. The molecule has 63 heavy (non-hydrogen) atoms. The lowest BCUT2D eigenvalue weighted by molar-refractivity contribution is -0.251. The van der Waals surface area contributed by atoms with Crippen molar-refractivity contribution in [1.82, 2.24) is 10.6 Å². The van der Waals surface area contributed by atoms with Gasteiger partial charge in [-0.05, 0) is 154 Å². The summed E-state index contributed by atoms with van der Waals surface area (Å²) in [5, 5.41) is 28.8. The molecule has 13 heteroatoms. The van der Waals surface area contributed by atoms with Crippen LogP contribution in [-0.4, -0.2) is 93.2 Å². The quantitative estimate of drug-likeness (QED) is 0.122. The molecule has 13 nitrogen and oxygen atoms in total. The molecule has 5 rings (SSSR count). The number of rotatable bonds is 10. The highest BCUT2D eigenvalue weighted by molar-refractivity contribution is 5.82. The van der Waals surface area contributed by atoms with E-state index < -0.39 is 82.3 Å². The van der Waals surface area contributed by atoms with E-state index in [4.69, 9.17) is 23.7 Å². The van der Waals surface area contributed by atoms with Crippen molar-refractivity contribution in [3.05, 3.63) is 0 Å². The number of carbonyl (C=O) groups excluding carboxylic acids is 4. The second-order valence-corrected chi connectivity index (χ2v) is 25.2. The summed E-state index contributed by atoms with van der Waals surface area (Å²) in [4.78, 5) is 54.8. The number of nitrogens with one attached hydrogen (secondary N) is 2. The maximum absolute atomic E-state index is 14.6. The molecule has 1 heterocycles. The van der Waals surface area contributed by atoms with Crippen LogP contribution in [0.3, 0.4) is 0 Å². The van der Waals surface area contributed by atoms with E-state index in [9.17, 15) is 29.4 Å². The number of aliphatic hydroxyl groups excluding tert-OH is 1. The van der Waals surface area contributed by atoms with Gasteiger partial charge in [-0.1, -0.05) is 62.3 Å². The average Bonchev–Trinajstić information content (AvgIpc) is 3.59. The molecule has 14 atom stereocenters. The van der Waals surface area contributed by atoms with Crippen molar-refractivity contribution in [2.75, 3.05) is 0 Å². The number of hydrogen-bond acceptors (Lipinski definition) is 11. The zero-order valence-corrected chi connectivity index (χ0v) is 42.2. The predicted molar refractivity (Wildman–Crippen MR) is 240 cm³/mol. The van der Waals surface area contributed by atoms with Gasteiger partial charge in [0.05, 0.1) is 23.4 Å². The van der Waals surface area contributed by atoms with Gasteiger partial charge >= 0.3 is 24.1 Å². The van der Waals surface area contributed by atoms with Gasteiger partial charge in [-0.3, -0.25) is 0 Å². The summed E-state index contributed by atoms with van der Waals surface area (Å²) < 4.78 is 31.2. The fraction of sp³-hybridized carbons (Fsp3) is 0.920. The summed E-state index contributed by atoms with van der Waals surface area (Å²) in [6, 6.07) is -1.93. The Morgan fingerprint density at radius 3 is 1.63 bits per heavy atom. The number of hydrogen-bond donors (Lipinski definition) is 4. The highest BCUT2D eigenvalue weighted by atomic mass is 16.6. The first-order chi connectivity index (χ1) is 28.5. The van der Waals surface area contributed by atoms with E-state index >= 15 is 0 Å². The molecule has 0 aromatic heterocycles. The van der Waals surface area contributed by atoms with Crippen molar-refractivity contribution in [3.8, 4) is 0 Å². The lowest BCUT2D eigenvalue weighted by Gasteiger charge is -2.68. The van der Waals surface area contributed by atoms with Crippen molar-refractivity contribution >= 4 is 24.1 Å². The van der Waals surface area contributed by atoms with E-state index in [0.29, 0.717) is 32.1 Å². The Kier molecular flexibility index (Phi) is 14.0. The van der Waals surface area contributed by atoms with Crippen molar-refractivity contribution in [3.63, 3.8) is 0 Å². The zero-order valence-electron chi connectivity index (χ0n) is 42.2. The third-order valence-electron chi connectivity index (χ3n) is 16.8. The Labute approximate surface area is 378 Å². The Balaban J connectivity index is 1.53. The van der Waals surface area contributed by atoms with Gasteiger partial charge < -0.3 is 44.5 Å². The number of aliphatic hydroxyl groups is 2. The smallest absolute Gasteiger partial charge is 0.408 e. The van der Waals surface area contributed by atoms with Crippen LogP contribution in [0.25, 0.3) is 0 Å². The minimum atomic E-state index is -1.01. The van der Waals surface area contributed by atoms with E-state index in [2.05, 4.69) is 52.2 Å². The van der Waals surface area contributed by atoms with Crippen molar-refractivity contribution in [2.24, 2.45) is 57.2 Å². The fourth-order valence-electron chi connectivity index (χ4n) is 13.9. The third kappa shape index (κ3) is 9.91. The minimum Gasteiger partial charge on any atom is -0.460 e. The van der Waals surface area contributed by atoms with Crippen LogP contribution in [0.1, 0.15) is 176 Å². The molecule has 0 radical (unpaired) electrons. The largest absolute Gasteiger partial charge is 0.460 e. The molecule has 362 valence electrons. The highest BCUT2D eigenvalue weighted by Gasteiger charge is 2.74. The minimum absolute atomic E-state index is 0.0552. The van der Waals surface area contributed by atoms with Crippen LogP contribution in [0.15, 0.2) is 0 Å². The summed E-state index contributed by atoms with van der Waals surface area (Å²) in [7, 11) is 0. The molecule has 4 saturated carbocycles.